The van der Waals surface area contributed by atoms with Gasteiger partial charge in [0.2, 0.25) is 0 Å². The van der Waals surface area contributed by atoms with Gasteiger partial charge >= 0.3 is 0 Å². The van der Waals surface area contributed by atoms with E-state index in [-0.39, 0.29) is 6.04 Å². The van der Waals surface area contributed by atoms with Crippen molar-refractivity contribution in [1.29, 1.82) is 0 Å². The van der Waals surface area contributed by atoms with Crippen LogP contribution in [-0.4, -0.2) is 4.57 Å². The molecule has 0 spiro atoms. The van der Waals surface area contributed by atoms with Crippen LogP contribution >= 0.6 is 0 Å². The Bertz CT molecular complexity index is 667. The highest BCUT2D eigenvalue weighted by molar-refractivity contribution is 5.83. The molecule has 19 heavy (non-hydrogen) atoms. The second kappa shape index (κ2) is 4.94. The van der Waals surface area contributed by atoms with Crippen LogP contribution in [0.4, 0.5) is 0 Å². The zero-order valence-electron chi connectivity index (χ0n) is 11.3. The summed E-state index contributed by atoms with van der Waals surface area (Å²) in [7, 11) is 2.09. The van der Waals surface area contributed by atoms with Crippen LogP contribution in [-0.2, 0) is 13.6 Å². The van der Waals surface area contributed by atoms with Crippen LogP contribution in [0.15, 0.2) is 53.3 Å². The molecule has 0 bridgehead atoms. The van der Waals surface area contributed by atoms with Crippen molar-refractivity contribution in [1.82, 2.24) is 9.88 Å². The Labute approximate surface area is 112 Å². The Morgan fingerprint density at radius 2 is 2.05 bits per heavy atom. The normalized spacial score (nSPS) is 12.9. The zero-order valence-corrected chi connectivity index (χ0v) is 11.3. The first-order chi connectivity index (χ1) is 9.25. The molecule has 0 unspecified atom stereocenters. The number of nitrogens with one attached hydrogen (secondary N) is 1. The average Bonchev–Trinajstić information content (AvgIpc) is 3.06. The minimum Gasteiger partial charge on any atom is -0.468 e. The molecule has 3 aromatic rings. The van der Waals surface area contributed by atoms with Gasteiger partial charge in [0.15, 0.2) is 0 Å². The predicted octanol–water partition coefficient (Wildman–Crippen LogP) is 3.62. The van der Waals surface area contributed by atoms with Crippen LogP contribution in [0.25, 0.3) is 10.9 Å². The van der Waals surface area contributed by atoms with Gasteiger partial charge in [0, 0.05) is 30.7 Å². The lowest BCUT2D eigenvalue weighted by atomic mass is 10.1. The number of benzene rings is 1. The Morgan fingerprint density at radius 3 is 2.84 bits per heavy atom. The molecule has 2 aromatic heterocycles. The van der Waals surface area contributed by atoms with Crippen LogP contribution < -0.4 is 5.32 Å². The van der Waals surface area contributed by atoms with E-state index in [1.54, 1.807) is 6.26 Å². The highest BCUT2D eigenvalue weighted by atomic mass is 16.3. The largest absolute Gasteiger partial charge is 0.468 e. The quantitative estimate of drug-likeness (QED) is 0.770. The van der Waals surface area contributed by atoms with Gasteiger partial charge in [-0.2, -0.15) is 0 Å². The van der Waals surface area contributed by atoms with Gasteiger partial charge in [-0.3, -0.25) is 0 Å². The van der Waals surface area contributed by atoms with Crippen molar-refractivity contribution in [2.45, 2.75) is 19.5 Å². The summed E-state index contributed by atoms with van der Waals surface area (Å²) in [6.07, 6.45) is 3.90. The van der Waals surface area contributed by atoms with Gasteiger partial charge in [0.1, 0.15) is 5.76 Å². The lowest BCUT2D eigenvalue weighted by molar-refractivity contribution is 0.430. The number of aryl methyl sites for hydroxylation is 1. The highest BCUT2D eigenvalue weighted by Gasteiger charge is 2.10. The smallest absolute Gasteiger partial charge is 0.120 e. The Kier molecular flexibility index (Phi) is 3.13. The molecule has 98 valence electrons. The molecule has 1 N–H and O–H groups in total. The van der Waals surface area contributed by atoms with Crippen molar-refractivity contribution in [3.63, 3.8) is 0 Å². The van der Waals surface area contributed by atoms with Crippen molar-refractivity contribution in [2.75, 3.05) is 0 Å². The zero-order chi connectivity index (χ0) is 13.2. The van der Waals surface area contributed by atoms with E-state index in [1.165, 1.54) is 16.5 Å². The maximum absolute atomic E-state index is 5.41. The van der Waals surface area contributed by atoms with Gasteiger partial charge < -0.3 is 14.3 Å². The van der Waals surface area contributed by atoms with Crippen molar-refractivity contribution in [3.05, 3.63) is 60.2 Å². The first kappa shape index (κ1) is 12.1. The van der Waals surface area contributed by atoms with E-state index in [0.29, 0.717) is 0 Å². The minimum atomic E-state index is 0.217. The molecular formula is C16H18N2O. The number of hydrogen-bond donors (Lipinski definition) is 1. The predicted molar refractivity (Wildman–Crippen MR) is 76.9 cm³/mol. The fourth-order valence-electron chi connectivity index (χ4n) is 2.47. The molecule has 0 saturated heterocycles. The summed E-state index contributed by atoms with van der Waals surface area (Å²) in [4.78, 5) is 0. The van der Waals surface area contributed by atoms with E-state index in [2.05, 4.69) is 54.3 Å². The Morgan fingerprint density at radius 1 is 1.21 bits per heavy atom. The Hall–Kier alpha value is -2.00. The number of para-hydroxylation sites is 1. The van der Waals surface area contributed by atoms with Gasteiger partial charge in [-0.1, -0.05) is 18.2 Å². The van der Waals surface area contributed by atoms with E-state index in [0.717, 1.165) is 12.3 Å². The average molecular weight is 254 g/mol. The summed E-state index contributed by atoms with van der Waals surface area (Å²) in [6, 6.07) is 12.6. The fraction of sp³-hybridized carbons (Fsp3) is 0.250. The lowest BCUT2D eigenvalue weighted by Gasteiger charge is -2.10. The molecule has 1 atom stereocenters. The van der Waals surface area contributed by atoms with Crippen LogP contribution in [0, 0.1) is 0 Å². The summed E-state index contributed by atoms with van der Waals surface area (Å²) in [5.74, 6) is 0.972. The maximum Gasteiger partial charge on any atom is 0.120 e. The molecule has 0 fully saturated rings. The van der Waals surface area contributed by atoms with Crippen molar-refractivity contribution in [3.8, 4) is 0 Å². The van der Waals surface area contributed by atoms with E-state index >= 15 is 0 Å². The van der Waals surface area contributed by atoms with E-state index in [4.69, 9.17) is 4.42 Å². The minimum absolute atomic E-state index is 0.217. The maximum atomic E-state index is 5.41. The van der Waals surface area contributed by atoms with Crippen LogP contribution in [0.2, 0.25) is 0 Å². The topological polar surface area (TPSA) is 30.1 Å². The van der Waals surface area contributed by atoms with Gasteiger partial charge in [-0.25, -0.2) is 0 Å². The molecule has 0 aliphatic carbocycles. The number of aromatic nitrogens is 1. The molecule has 0 saturated carbocycles. The second-order valence-corrected chi connectivity index (χ2v) is 4.90. The molecule has 3 rings (SSSR count). The molecule has 0 aliphatic rings. The third kappa shape index (κ3) is 2.29. The van der Waals surface area contributed by atoms with Crippen LogP contribution in [0.1, 0.15) is 24.3 Å². The number of rotatable bonds is 4. The number of hydrogen-bond acceptors (Lipinski definition) is 2. The lowest BCUT2D eigenvalue weighted by Crippen LogP contribution is -2.17. The molecule has 3 heteroatoms. The summed E-state index contributed by atoms with van der Waals surface area (Å²) in [6.45, 7) is 2.95. The summed E-state index contributed by atoms with van der Waals surface area (Å²) >= 11 is 0. The van der Waals surface area contributed by atoms with Crippen molar-refractivity contribution in [2.24, 2.45) is 7.05 Å². The molecule has 0 radical (unpaired) electrons. The third-order valence-electron chi connectivity index (χ3n) is 3.55. The van der Waals surface area contributed by atoms with Crippen LogP contribution in [0.3, 0.4) is 0 Å². The van der Waals surface area contributed by atoms with Crippen molar-refractivity contribution >= 4 is 10.9 Å². The van der Waals surface area contributed by atoms with E-state index in [9.17, 15) is 0 Å². The second-order valence-electron chi connectivity index (χ2n) is 4.90. The summed E-state index contributed by atoms with van der Waals surface area (Å²) in [5.41, 5.74) is 2.58. The fourth-order valence-corrected chi connectivity index (χ4v) is 2.47. The van der Waals surface area contributed by atoms with Gasteiger partial charge in [0.05, 0.1) is 12.3 Å². The number of furan rings is 1. The molecular weight excluding hydrogens is 236 g/mol. The monoisotopic (exact) mass is 254 g/mol. The summed E-state index contributed by atoms with van der Waals surface area (Å²) < 4.78 is 7.58. The molecule has 0 aliphatic heterocycles. The molecule has 0 amide bonds. The Balaban J connectivity index is 1.79. The molecule has 2 heterocycles. The third-order valence-corrected chi connectivity index (χ3v) is 3.55. The highest BCUT2D eigenvalue weighted by Crippen LogP contribution is 2.21. The van der Waals surface area contributed by atoms with Crippen LogP contribution in [0.5, 0.6) is 0 Å². The molecule has 3 nitrogen and oxygen atoms in total. The van der Waals surface area contributed by atoms with Gasteiger partial charge in [0.25, 0.3) is 0 Å². The van der Waals surface area contributed by atoms with Crippen molar-refractivity contribution < 1.29 is 4.42 Å². The van der Waals surface area contributed by atoms with E-state index in [1.807, 2.05) is 12.1 Å². The summed E-state index contributed by atoms with van der Waals surface area (Å²) in [5, 5.41) is 4.81. The molecule has 1 aromatic carbocycles. The SMILES string of the molecule is C[C@@H](NCc1cn(C)c2ccccc12)c1ccco1. The number of nitrogens with zero attached hydrogens (tertiary/aromatic N) is 1. The van der Waals surface area contributed by atoms with Gasteiger partial charge in [-0.05, 0) is 30.7 Å². The van der Waals surface area contributed by atoms with E-state index < -0.39 is 0 Å². The van der Waals surface area contributed by atoms with Gasteiger partial charge in [-0.15, -0.1) is 0 Å². The standard InChI is InChI=1S/C16H18N2O/c1-12(16-8-5-9-19-16)17-10-13-11-18(2)15-7-4-3-6-14(13)15/h3-9,11-12,17H,10H2,1-2H3/t12-/m1/s1. The first-order valence-corrected chi connectivity index (χ1v) is 6.55. The number of fused-ring (bicyclic) bond motifs is 1. The first-order valence-electron chi connectivity index (χ1n) is 6.55.